The Hall–Kier alpha value is -4.90. The molecule has 0 heterocycles. The first-order valence-electron chi connectivity index (χ1n) is 14.6. The minimum atomic E-state index is -0.392. The van der Waals surface area contributed by atoms with E-state index in [0.29, 0.717) is 13.2 Å². The van der Waals surface area contributed by atoms with Crippen LogP contribution >= 0.6 is 0 Å². The van der Waals surface area contributed by atoms with Crippen LogP contribution in [0.5, 0.6) is 0 Å². The van der Waals surface area contributed by atoms with Gasteiger partial charge in [-0.2, -0.15) is 0 Å². The number of carbonyl (C=O) groups is 2. The number of esters is 2. The van der Waals surface area contributed by atoms with Crippen LogP contribution in [0.15, 0.2) is 116 Å². The SMILES string of the molecule is C=CC(=O)OCCCc1ccc(N(c2ccc(CCCOC(=O)C=C)cc2)c2ccc(-c3ccc(C)c(C)c3)cc2)cc1. The van der Waals surface area contributed by atoms with Gasteiger partial charge in [-0.1, -0.05) is 67.8 Å². The average molecular weight is 574 g/mol. The maximum Gasteiger partial charge on any atom is 0.330 e. The van der Waals surface area contributed by atoms with Crippen molar-refractivity contribution in [3.63, 3.8) is 0 Å². The molecule has 0 amide bonds. The van der Waals surface area contributed by atoms with Crippen molar-refractivity contribution in [2.45, 2.75) is 39.5 Å². The van der Waals surface area contributed by atoms with E-state index in [1.165, 1.54) is 45.5 Å². The molecular formula is C38H39NO4. The number of aryl methyl sites for hydroxylation is 4. The second-order valence-corrected chi connectivity index (χ2v) is 10.5. The summed E-state index contributed by atoms with van der Waals surface area (Å²) in [4.78, 5) is 24.8. The van der Waals surface area contributed by atoms with E-state index in [9.17, 15) is 9.59 Å². The lowest BCUT2D eigenvalue weighted by Gasteiger charge is -2.26. The molecule has 0 fully saturated rings. The number of anilines is 3. The average Bonchev–Trinajstić information content (AvgIpc) is 3.04. The lowest BCUT2D eigenvalue weighted by atomic mass is 10.00. The first-order valence-corrected chi connectivity index (χ1v) is 14.6. The summed E-state index contributed by atoms with van der Waals surface area (Å²) in [6, 6.07) is 32.3. The minimum Gasteiger partial charge on any atom is -0.463 e. The van der Waals surface area contributed by atoms with Gasteiger partial charge < -0.3 is 14.4 Å². The molecule has 0 aromatic heterocycles. The third kappa shape index (κ3) is 8.79. The van der Waals surface area contributed by atoms with E-state index in [2.05, 4.69) is 123 Å². The zero-order chi connectivity index (χ0) is 30.6. The molecule has 5 nitrogen and oxygen atoms in total. The minimum absolute atomic E-state index is 0.370. The van der Waals surface area contributed by atoms with Gasteiger partial charge in [0.15, 0.2) is 0 Å². The van der Waals surface area contributed by atoms with Crippen LogP contribution in [0.4, 0.5) is 17.1 Å². The highest BCUT2D eigenvalue weighted by Crippen LogP contribution is 2.36. The molecule has 220 valence electrons. The van der Waals surface area contributed by atoms with Gasteiger partial charge in [-0.3, -0.25) is 0 Å². The lowest BCUT2D eigenvalue weighted by Crippen LogP contribution is -2.10. The Labute approximate surface area is 255 Å². The lowest BCUT2D eigenvalue weighted by molar-refractivity contribution is -0.138. The van der Waals surface area contributed by atoms with E-state index in [0.717, 1.165) is 42.7 Å². The molecule has 43 heavy (non-hydrogen) atoms. The smallest absolute Gasteiger partial charge is 0.330 e. The number of benzene rings is 4. The number of ether oxygens (including phenoxy) is 2. The molecule has 0 aliphatic rings. The molecule has 0 saturated carbocycles. The molecule has 0 spiro atoms. The van der Waals surface area contributed by atoms with Crippen molar-refractivity contribution < 1.29 is 19.1 Å². The fourth-order valence-corrected chi connectivity index (χ4v) is 4.81. The molecular weight excluding hydrogens is 534 g/mol. The molecule has 0 unspecified atom stereocenters. The largest absolute Gasteiger partial charge is 0.463 e. The van der Waals surface area contributed by atoms with Crippen LogP contribution in [0.1, 0.15) is 35.1 Å². The molecule has 0 radical (unpaired) electrons. The van der Waals surface area contributed by atoms with Gasteiger partial charge in [0.25, 0.3) is 0 Å². The molecule has 0 atom stereocenters. The van der Waals surface area contributed by atoms with E-state index in [4.69, 9.17) is 9.47 Å². The highest BCUT2D eigenvalue weighted by atomic mass is 16.5. The van der Waals surface area contributed by atoms with Crippen molar-refractivity contribution in [1.82, 2.24) is 0 Å². The number of carbonyl (C=O) groups excluding carboxylic acids is 2. The van der Waals surface area contributed by atoms with Crippen molar-refractivity contribution in [2.24, 2.45) is 0 Å². The molecule has 5 heteroatoms. The molecule has 4 rings (SSSR count). The predicted molar refractivity (Wildman–Crippen MR) is 175 cm³/mol. The third-order valence-electron chi connectivity index (χ3n) is 7.40. The summed E-state index contributed by atoms with van der Waals surface area (Å²) in [6.45, 7) is 11.9. The zero-order valence-electron chi connectivity index (χ0n) is 25.1. The summed E-state index contributed by atoms with van der Waals surface area (Å²) in [7, 11) is 0. The zero-order valence-corrected chi connectivity index (χ0v) is 25.1. The van der Waals surface area contributed by atoms with Gasteiger partial charge in [0.1, 0.15) is 0 Å². The van der Waals surface area contributed by atoms with Gasteiger partial charge >= 0.3 is 11.9 Å². The fourth-order valence-electron chi connectivity index (χ4n) is 4.81. The first-order chi connectivity index (χ1) is 20.9. The van der Waals surface area contributed by atoms with Crippen LogP contribution in [0.25, 0.3) is 11.1 Å². The van der Waals surface area contributed by atoms with E-state index >= 15 is 0 Å². The van der Waals surface area contributed by atoms with Crippen LogP contribution in [0, 0.1) is 13.8 Å². The predicted octanol–water partition coefficient (Wildman–Crippen LogP) is 8.76. The van der Waals surface area contributed by atoms with Crippen LogP contribution in [0.2, 0.25) is 0 Å². The monoisotopic (exact) mass is 573 g/mol. The van der Waals surface area contributed by atoms with Crippen molar-refractivity contribution in [3.05, 3.63) is 139 Å². The van der Waals surface area contributed by atoms with Crippen molar-refractivity contribution in [2.75, 3.05) is 18.1 Å². The molecule has 0 aliphatic heterocycles. The van der Waals surface area contributed by atoms with E-state index in [-0.39, 0.29) is 0 Å². The van der Waals surface area contributed by atoms with Crippen molar-refractivity contribution >= 4 is 29.0 Å². The molecule has 4 aromatic rings. The van der Waals surface area contributed by atoms with Gasteiger partial charge in [0.05, 0.1) is 13.2 Å². The Balaban J connectivity index is 1.54. The second kappa shape index (κ2) is 15.4. The van der Waals surface area contributed by atoms with Gasteiger partial charge in [0.2, 0.25) is 0 Å². The van der Waals surface area contributed by atoms with Crippen molar-refractivity contribution in [3.8, 4) is 11.1 Å². The van der Waals surface area contributed by atoms with E-state index in [1.807, 2.05) is 0 Å². The number of hydrogen-bond acceptors (Lipinski definition) is 5. The Morgan fingerprint density at radius 2 is 1.02 bits per heavy atom. The molecule has 4 aromatic carbocycles. The molecule has 0 saturated heterocycles. The highest BCUT2D eigenvalue weighted by Gasteiger charge is 2.13. The summed E-state index contributed by atoms with van der Waals surface area (Å²) in [5.74, 6) is -0.784. The number of rotatable bonds is 14. The standard InChI is InChI=1S/C38H39NO4/c1-5-37(40)42-25-7-9-30-12-19-34(20-13-30)39(35-21-14-31(15-22-35)10-8-26-43-38(41)6-2)36-23-17-32(18-24-36)33-16-11-28(3)29(4)27-33/h5-6,11-24,27H,1-2,7-10,25-26H2,3-4H3. The van der Waals surface area contributed by atoms with E-state index in [1.54, 1.807) is 0 Å². The second-order valence-electron chi connectivity index (χ2n) is 10.5. The topological polar surface area (TPSA) is 55.8 Å². The summed E-state index contributed by atoms with van der Waals surface area (Å²) in [5.41, 5.74) is 10.4. The Morgan fingerprint density at radius 3 is 1.44 bits per heavy atom. The van der Waals surface area contributed by atoms with Gasteiger partial charge in [-0.25, -0.2) is 9.59 Å². The third-order valence-corrected chi connectivity index (χ3v) is 7.40. The Kier molecular flexibility index (Phi) is 11.1. The maximum absolute atomic E-state index is 11.3. The number of hydrogen-bond donors (Lipinski definition) is 0. The molecule has 0 aliphatic carbocycles. The van der Waals surface area contributed by atoms with Crippen molar-refractivity contribution in [1.29, 1.82) is 0 Å². The molecule has 0 bridgehead atoms. The van der Waals surface area contributed by atoms with Gasteiger partial charge in [-0.15, -0.1) is 0 Å². The number of nitrogens with zero attached hydrogens (tertiary/aromatic N) is 1. The van der Waals surface area contributed by atoms with E-state index < -0.39 is 11.9 Å². The summed E-state index contributed by atoms with van der Waals surface area (Å²) < 4.78 is 10.2. The fraction of sp³-hybridized carbons (Fsp3) is 0.211. The normalized spacial score (nSPS) is 10.6. The van der Waals surface area contributed by atoms with Crippen LogP contribution < -0.4 is 4.90 Å². The summed E-state index contributed by atoms with van der Waals surface area (Å²) >= 11 is 0. The van der Waals surface area contributed by atoms with Gasteiger partial charge in [0, 0.05) is 29.2 Å². The van der Waals surface area contributed by atoms with Gasteiger partial charge in [-0.05, 0) is 109 Å². The maximum atomic E-state index is 11.3. The Morgan fingerprint density at radius 1 is 0.605 bits per heavy atom. The quantitative estimate of drug-likeness (QED) is 0.0857. The summed E-state index contributed by atoms with van der Waals surface area (Å²) in [6.07, 6.45) is 5.49. The first kappa shape index (κ1) is 31.0. The van der Waals surface area contributed by atoms with Crippen LogP contribution in [-0.4, -0.2) is 25.2 Å². The Bertz CT molecular complexity index is 1470. The van der Waals surface area contributed by atoms with Crippen LogP contribution in [0.3, 0.4) is 0 Å². The van der Waals surface area contributed by atoms with Crippen LogP contribution in [-0.2, 0) is 31.9 Å². The highest BCUT2D eigenvalue weighted by molar-refractivity contribution is 5.81. The summed E-state index contributed by atoms with van der Waals surface area (Å²) in [5, 5.41) is 0. The molecule has 0 N–H and O–H groups in total.